The molecule has 0 amide bonds. The number of carbonyl (C=O) groups is 2. The van der Waals surface area contributed by atoms with Crippen LogP contribution in [0.3, 0.4) is 0 Å². The van der Waals surface area contributed by atoms with Gasteiger partial charge in [0.25, 0.3) is 0 Å². The van der Waals surface area contributed by atoms with Crippen molar-refractivity contribution in [1.82, 2.24) is 0 Å². The van der Waals surface area contributed by atoms with Crippen molar-refractivity contribution in [3.05, 3.63) is 36.6 Å². The first-order valence-electron chi connectivity index (χ1n) is 15.9. The zero-order valence-corrected chi connectivity index (χ0v) is 40.2. The zero-order chi connectivity index (χ0) is 46.1. The first kappa shape index (κ1) is 81.4. The second-order valence-electron chi connectivity index (χ2n) is 9.12. The summed E-state index contributed by atoms with van der Waals surface area (Å²) >= 11 is 0. The maximum absolute atomic E-state index is 12.4. The van der Waals surface area contributed by atoms with Gasteiger partial charge in [0, 0.05) is 88.9 Å². The normalized spacial score (nSPS) is 11.4. The molecule has 0 rings (SSSR count). The summed E-state index contributed by atoms with van der Waals surface area (Å²) in [6.07, 6.45) is -0.764. The molecule has 23 heteroatoms. The zero-order valence-electron chi connectivity index (χ0n) is 36.8. The van der Waals surface area contributed by atoms with Crippen molar-refractivity contribution < 1.29 is 97.4 Å². The van der Waals surface area contributed by atoms with Crippen LogP contribution in [0.15, 0.2) is 36.6 Å². The van der Waals surface area contributed by atoms with Crippen LogP contribution in [0.4, 0.5) is 0 Å². The largest absolute Gasteiger partial charge is 0.505 e. The molecule has 0 aromatic carbocycles. The highest BCUT2D eigenvalue weighted by Crippen LogP contribution is 2.30. The van der Waals surface area contributed by atoms with Gasteiger partial charge >= 0.3 is 29.5 Å². The lowest BCUT2D eigenvalue weighted by Crippen LogP contribution is -2.61. The highest BCUT2D eigenvalue weighted by atomic mass is 28.5. The van der Waals surface area contributed by atoms with Crippen molar-refractivity contribution in [2.75, 3.05) is 77.3 Å². The van der Waals surface area contributed by atoms with E-state index in [9.17, 15) is 14.8 Å². The van der Waals surface area contributed by atoms with Gasteiger partial charge < -0.3 is 77.6 Å². The Kier molecular flexibility index (Phi) is 94.8. The SMILES string of the molecule is C=C(C)C(=O)OC[SiH2]C.C=C(C)OC(=O)C[Si](OC)(OC(C)C)O[Si](CC(OO)C(=C)C)(OC)OC(C)C.CO.CO.CO.CO.CO.CO.CO.CO.O. The first-order chi connectivity index (χ1) is 25.5. The Morgan fingerprint density at radius 1 is 0.673 bits per heavy atom. The second-order valence-corrected chi connectivity index (χ2v) is 16.1. The summed E-state index contributed by atoms with van der Waals surface area (Å²) in [6, 6.07) is -0.228. The number of hydrogen-bond acceptors (Lipinski definition) is 19. The van der Waals surface area contributed by atoms with Gasteiger partial charge in [0.2, 0.25) is 0 Å². The van der Waals surface area contributed by atoms with Crippen LogP contribution in [0.5, 0.6) is 0 Å². The van der Waals surface area contributed by atoms with E-state index in [-0.39, 0.29) is 51.0 Å². The number of hydrogen-bond donors (Lipinski definition) is 9. The van der Waals surface area contributed by atoms with Crippen LogP contribution in [0, 0.1) is 0 Å². The maximum Gasteiger partial charge on any atom is 0.505 e. The van der Waals surface area contributed by atoms with Crippen molar-refractivity contribution in [3.63, 3.8) is 0 Å². The summed E-state index contributed by atoms with van der Waals surface area (Å²) in [7, 11) is 3.43. The molecule has 0 aliphatic heterocycles. The monoisotopic (exact) mass is 870 g/mol. The third kappa shape index (κ3) is 56.6. The van der Waals surface area contributed by atoms with Crippen LogP contribution in [0.2, 0.25) is 18.6 Å². The van der Waals surface area contributed by atoms with Gasteiger partial charge in [-0.3, -0.25) is 10.1 Å². The summed E-state index contributed by atoms with van der Waals surface area (Å²) in [5.74, 6) is -0.627. The third-order valence-corrected chi connectivity index (χ3v) is 11.9. The Morgan fingerprint density at radius 3 is 1.25 bits per heavy atom. The Labute approximate surface area is 335 Å². The van der Waals surface area contributed by atoms with Gasteiger partial charge in [0.15, 0.2) is 0 Å². The van der Waals surface area contributed by atoms with Crippen molar-refractivity contribution in [2.45, 2.75) is 85.4 Å². The molecule has 342 valence electrons. The van der Waals surface area contributed by atoms with E-state index in [1.165, 1.54) is 14.2 Å². The van der Waals surface area contributed by atoms with E-state index in [0.29, 0.717) is 17.4 Å². The van der Waals surface area contributed by atoms with Crippen LogP contribution in [0.1, 0.15) is 48.5 Å². The lowest BCUT2D eigenvalue weighted by molar-refractivity contribution is -0.265. The predicted octanol–water partition coefficient (Wildman–Crippen LogP) is -0.142. The minimum atomic E-state index is -3.67. The molecule has 3 unspecified atom stereocenters. The molecular formula is C32H82O20Si3. The summed E-state index contributed by atoms with van der Waals surface area (Å²) in [4.78, 5) is 27.5. The Hall–Kier alpha value is -1.83. The number of aliphatic hydroxyl groups excluding tert-OH is 8. The summed E-state index contributed by atoms with van der Waals surface area (Å²) in [5, 5.41) is 65.3. The maximum atomic E-state index is 12.4. The summed E-state index contributed by atoms with van der Waals surface area (Å²) in [6.45, 7) is 25.0. The highest BCUT2D eigenvalue weighted by molar-refractivity contribution is 6.76. The topological polar surface area (TPSA) is 322 Å². The van der Waals surface area contributed by atoms with E-state index in [1.54, 1.807) is 34.6 Å². The minimum Gasteiger partial charge on any atom is -0.467 e. The fourth-order valence-electron chi connectivity index (χ4n) is 2.76. The standard InChI is InChI=1S/C18H36O9Si2.C6H12O2Si.8CH4O.H2O/c1-13(2)17(24-20)11-28(21-9,25-15(5)6)27-29(22-10,26-16(7)8)12-18(19)23-14(3)4;1-5(2)6(7)8-4-9-3;8*1-2;/h15-17,20H,1,3,11-12H2,2,4-10H3;1,4,9H2,2-3H3;8*2H,1H3;1H2. The molecule has 0 aliphatic rings. The molecular weight excluding hydrogens is 789 g/mol. The van der Waals surface area contributed by atoms with E-state index in [1.807, 2.05) is 13.8 Å². The number of aliphatic hydroxyl groups is 8. The number of ether oxygens (including phenoxy) is 2. The highest BCUT2D eigenvalue weighted by Gasteiger charge is 2.56. The lowest BCUT2D eigenvalue weighted by Gasteiger charge is -2.39. The molecule has 0 aliphatic carbocycles. The third-order valence-electron chi connectivity index (χ3n) is 4.31. The average molecular weight is 871 g/mol. The molecule has 20 nitrogen and oxygen atoms in total. The molecule has 11 N–H and O–H groups in total. The Morgan fingerprint density at radius 2 is 1.02 bits per heavy atom. The molecule has 0 saturated heterocycles. The van der Waals surface area contributed by atoms with Crippen LogP contribution >= 0.6 is 0 Å². The van der Waals surface area contributed by atoms with Crippen molar-refractivity contribution >= 4 is 39.1 Å². The Bertz CT molecular complexity index is 796. The molecule has 0 radical (unpaired) electrons. The number of esters is 2. The van der Waals surface area contributed by atoms with Crippen LogP contribution in [-0.4, -0.2) is 186 Å². The second kappa shape index (κ2) is 64.1. The lowest BCUT2D eigenvalue weighted by atomic mass is 10.2. The smallest absolute Gasteiger partial charge is 0.467 e. The molecule has 3 atom stereocenters. The summed E-state index contributed by atoms with van der Waals surface area (Å²) < 4.78 is 39.5. The molecule has 0 saturated carbocycles. The van der Waals surface area contributed by atoms with Crippen LogP contribution < -0.4 is 0 Å². The van der Waals surface area contributed by atoms with Crippen molar-refractivity contribution in [2.24, 2.45) is 0 Å². The molecule has 0 aromatic rings. The fraction of sp³-hybridized carbons (Fsp3) is 0.750. The number of allylic oxidation sites excluding steroid dienone is 1. The van der Waals surface area contributed by atoms with Gasteiger partial charge in [-0.15, -0.1) is 0 Å². The van der Waals surface area contributed by atoms with Crippen LogP contribution in [0.25, 0.3) is 0 Å². The first-order valence-corrected chi connectivity index (χ1v) is 22.2. The van der Waals surface area contributed by atoms with Gasteiger partial charge in [0.05, 0.1) is 27.6 Å². The predicted molar refractivity (Wildman–Crippen MR) is 221 cm³/mol. The number of rotatable bonds is 18. The van der Waals surface area contributed by atoms with Gasteiger partial charge in [-0.1, -0.05) is 26.3 Å². The molecule has 0 bridgehead atoms. The minimum absolute atomic E-state index is 0. The van der Waals surface area contributed by atoms with Crippen LogP contribution in [-0.2, 0) is 45.8 Å². The van der Waals surface area contributed by atoms with E-state index in [0.717, 1.165) is 56.9 Å². The summed E-state index contributed by atoms with van der Waals surface area (Å²) in [5.41, 5.74) is 1.03. The van der Waals surface area contributed by atoms with Gasteiger partial charge in [-0.2, -0.15) is 0 Å². The fourth-order valence-corrected chi connectivity index (χ4v) is 10.1. The van der Waals surface area contributed by atoms with Gasteiger partial charge in [-0.25, -0.2) is 9.68 Å². The molecule has 0 aromatic heterocycles. The molecule has 0 fully saturated rings. The van der Waals surface area contributed by atoms with E-state index in [4.69, 9.17) is 72.1 Å². The van der Waals surface area contributed by atoms with E-state index in [2.05, 4.69) is 31.2 Å². The van der Waals surface area contributed by atoms with Crippen molar-refractivity contribution in [1.29, 1.82) is 0 Å². The van der Waals surface area contributed by atoms with Gasteiger partial charge in [-0.05, 0) is 54.0 Å². The number of carbonyl (C=O) groups excluding carboxylic acids is 2. The molecule has 55 heavy (non-hydrogen) atoms. The van der Waals surface area contributed by atoms with E-state index < -0.39 is 29.7 Å². The Balaban J connectivity index is -0.0000000685. The average Bonchev–Trinajstić information content (AvgIpc) is 3.18. The molecule has 0 heterocycles. The molecule has 0 spiro atoms. The quantitative estimate of drug-likeness (QED) is 0.0165. The van der Waals surface area contributed by atoms with Crippen molar-refractivity contribution in [3.8, 4) is 0 Å². The van der Waals surface area contributed by atoms with Gasteiger partial charge in [0.1, 0.15) is 12.1 Å². The van der Waals surface area contributed by atoms with E-state index >= 15 is 0 Å².